The first-order chi connectivity index (χ1) is 23.1. The first kappa shape index (κ1) is 34.1. The summed E-state index contributed by atoms with van der Waals surface area (Å²) in [7, 11) is 0. The molecule has 48 heavy (non-hydrogen) atoms. The maximum Gasteiger partial charge on any atom is 0.471 e. The zero-order chi connectivity index (χ0) is 33.8. The molecule has 3 aliphatic heterocycles. The predicted molar refractivity (Wildman–Crippen MR) is 170 cm³/mol. The van der Waals surface area contributed by atoms with Crippen LogP contribution in [0.4, 0.5) is 13.2 Å². The molecule has 3 heterocycles. The Morgan fingerprint density at radius 1 is 0.917 bits per heavy atom. The van der Waals surface area contributed by atoms with Gasteiger partial charge in [0.25, 0.3) is 0 Å². The van der Waals surface area contributed by atoms with Crippen LogP contribution in [-0.4, -0.2) is 82.4 Å². The highest BCUT2D eigenvalue weighted by Gasteiger charge is 2.47. The van der Waals surface area contributed by atoms with Crippen LogP contribution >= 0.6 is 0 Å². The van der Waals surface area contributed by atoms with Gasteiger partial charge in [-0.15, -0.1) is 0 Å². The third-order valence-corrected chi connectivity index (χ3v) is 9.35. The number of nitrogens with zero attached hydrogens (tertiary/aromatic N) is 2. The second kappa shape index (κ2) is 14.8. The zero-order valence-corrected chi connectivity index (χ0v) is 26.4. The van der Waals surface area contributed by atoms with E-state index in [1.165, 1.54) is 0 Å². The van der Waals surface area contributed by atoms with E-state index in [1.54, 1.807) is 0 Å². The number of likely N-dealkylation sites (tertiary alicyclic amines) is 2. The molecule has 0 bridgehead atoms. The van der Waals surface area contributed by atoms with Crippen molar-refractivity contribution >= 4 is 11.8 Å². The summed E-state index contributed by atoms with van der Waals surface area (Å²) >= 11 is 0. The third-order valence-electron chi connectivity index (χ3n) is 9.35. The van der Waals surface area contributed by atoms with E-state index >= 15 is 0 Å². The Labute approximate surface area is 277 Å². The van der Waals surface area contributed by atoms with E-state index in [4.69, 9.17) is 9.47 Å². The number of rotatable bonds is 9. The van der Waals surface area contributed by atoms with Gasteiger partial charge in [0, 0.05) is 44.7 Å². The van der Waals surface area contributed by atoms with Crippen molar-refractivity contribution in [3.63, 3.8) is 0 Å². The van der Waals surface area contributed by atoms with Crippen LogP contribution in [0.5, 0.6) is 0 Å². The van der Waals surface area contributed by atoms with Crippen molar-refractivity contribution in [1.82, 2.24) is 15.1 Å². The van der Waals surface area contributed by atoms with Crippen LogP contribution in [0, 0.1) is 0 Å². The number of ether oxygens (including phenoxy) is 2. The second-order valence-electron chi connectivity index (χ2n) is 12.7. The number of aliphatic hydroxyl groups is 2. The monoisotopic (exact) mass is 667 g/mol. The van der Waals surface area contributed by atoms with Gasteiger partial charge >= 0.3 is 12.1 Å². The molecule has 0 unspecified atom stereocenters. The number of aliphatic hydroxyl groups excluding tert-OH is 2. The molecule has 0 aromatic heterocycles. The maximum absolute atomic E-state index is 13.1. The molecular formula is C36H40F3N3O6. The van der Waals surface area contributed by atoms with Crippen LogP contribution in [0.25, 0.3) is 11.1 Å². The van der Waals surface area contributed by atoms with Crippen LogP contribution in [0.1, 0.15) is 60.3 Å². The van der Waals surface area contributed by atoms with Crippen molar-refractivity contribution in [3.05, 3.63) is 95.1 Å². The smallest absolute Gasteiger partial charge is 0.392 e. The van der Waals surface area contributed by atoms with Gasteiger partial charge in [0.2, 0.25) is 5.91 Å². The number of nitrogens with one attached hydrogen (secondary N) is 1. The van der Waals surface area contributed by atoms with E-state index < -0.39 is 30.3 Å². The minimum absolute atomic E-state index is 0.0403. The number of hydrogen-bond acceptors (Lipinski definition) is 7. The average molecular weight is 668 g/mol. The van der Waals surface area contributed by atoms with Gasteiger partial charge in [-0.1, -0.05) is 72.8 Å². The molecule has 3 fully saturated rings. The summed E-state index contributed by atoms with van der Waals surface area (Å²) in [4.78, 5) is 27.6. The van der Waals surface area contributed by atoms with Crippen molar-refractivity contribution in [1.29, 1.82) is 0 Å². The number of halogens is 3. The first-order valence-corrected chi connectivity index (χ1v) is 16.3. The molecule has 0 saturated carbocycles. The fourth-order valence-corrected chi connectivity index (χ4v) is 6.82. The van der Waals surface area contributed by atoms with Gasteiger partial charge in [-0.25, -0.2) is 0 Å². The summed E-state index contributed by atoms with van der Waals surface area (Å²) in [6, 6.07) is 21.7. The molecular weight excluding hydrogens is 627 g/mol. The molecule has 3 aromatic rings. The second-order valence-corrected chi connectivity index (χ2v) is 12.7. The largest absolute Gasteiger partial charge is 0.471 e. The van der Waals surface area contributed by atoms with Crippen LogP contribution in [0.2, 0.25) is 0 Å². The molecule has 6 rings (SSSR count). The summed E-state index contributed by atoms with van der Waals surface area (Å²) in [5.41, 5.74) is 5.11. The Kier molecular flexibility index (Phi) is 10.5. The van der Waals surface area contributed by atoms with Gasteiger partial charge in [-0.2, -0.15) is 13.2 Å². The van der Waals surface area contributed by atoms with Gasteiger partial charge in [-0.05, 0) is 47.1 Å². The van der Waals surface area contributed by atoms with Crippen LogP contribution in [0.15, 0.2) is 72.8 Å². The minimum atomic E-state index is -5.03. The summed E-state index contributed by atoms with van der Waals surface area (Å²) in [5, 5.41) is 22.3. The fourth-order valence-electron chi connectivity index (χ4n) is 6.82. The Bertz CT molecular complexity index is 1570. The van der Waals surface area contributed by atoms with Gasteiger partial charge in [0.1, 0.15) is 6.04 Å². The molecule has 256 valence electrons. The number of β-amino-alcohol motifs (C(OH)–C–C–N with tert-alkyl or cyclic N) is 1. The fraction of sp³-hybridized carbons (Fsp3) is 0.444. The zero-order valence-electron chi connectivity index (χ0n) is 26.4. The average Bonchev–Trinajstić information content (AvgIpc) is 3.75. The molecule has 0 aliphatic carbocycles. The molecule has 0 radical (unpaired) electrons. The van der Waals surface area contributed by atoms with E-state index in [0.717, 1.165) is 46.3 Å². The molecule has 3 aliphatic rings. The molecule has 12 heteroatoms. The van der Waals surface area contributed by atoms with E-state index in [1.807, 2.05) is 72.8 Å². The van der Waals surface area contributed by atoms with Crippen molar-refractivity contribution in [2.45, 2.75) is 75.7 Å². The van der Waals surface area contributed by atoms with Crippen LogP contribution < -0.4 is 5.32 Å². The summed E-state index contributed by atoms with van der Waals surface area (Å²) in [6.45, 7) is 2.03. The number of benzene rings is 3. The lowest BCUT2D eigenvalue weighted by molar-refractivity contribution is -0.252. The van der Waals surface area contributed by atoms with Gasteiger partial charge in [0.05, 0.1) is 24.9 Å². The number of alkyl halides is 3. The molecule has 5 atom stereocenters. The SMILES string of the molecule is O=C(NCc1ccccc1-c1ccc([C@H]2O[C@@H](CN3CC[C@H](O)C3)C[C@@H](c3ccc(CO)cc3)O2)cc1)[C@@H]1CCCN1C(=O)C(F)(F)F. The lowest BCUT2D eigenvalue weighted by atomic mass is 9.97. The summed E-state index contributed by atoms with van der Waals surface area (Å²) in [6.07, 6.45) is -4.49. The Balaban J connectivity index is 1.15. The quantitative estimate of drug-likeness (QED) is 0.305. The number of carbonyl (C=O) groups excluding carboxylic acids is 2. The predicted octanol–water partition coefficient (Wildman–Crippen LogP) is 4.63. The maximum atomic E-state index is 13.1. The third kappa shape index (κ3) is 7.90. The van der Waals surface area contributed by atoms with Crippen molar-refractivity contribution < 1.29 is 42.4 Å². The van der Waals surface area contributed by atoms with Crippen molar-refractivity contribution in [3.8, 4) is 11.1 Å². The summed E-state index contributed by atoms with van der Waals surface area (Å²) < 4.78 is 52.1. The van der Waals surface area contributed by atoms with E-state index in [2.05, 4.69) is 10.2 Å². The Morgan fingerprint density at radius 3 is 2.33 bits per heavy atom. The molecule has 0 spiro atoms. The molecule has 3 N–H and O–H groups in total. The normalized spacial score (nSPS) is 24.9. The van der Waals surface area contributed by atoms with Crippen LogP contribution in [0.3, 0.4) is 0 Å². The van der Waals surface area contributed by atoms with E-state index in [9.17, 15) is 33.0 Å². The molecule has 9 nitrogen and oxygen atoms in total. The highest BCUT2D eigenvalue weighted by atomic mass is 19.4. The van der Waals surface area contributed by atoms with Crippen molar-refractivity contribution in [2.75, 3.05) is 26.2 Å². The van der Waals surface area contributed by atoms with Gasteiger partial charge in [0.15, 0.2) is 6.29 Å². The van der Waals surface area contributed by atoms with E-state index in [-0.39, 0.29) is 44.4 Å². The minimum Gasteiger partial charge on any atom is -0.392 e. The highest BCUT2D eigenvalue weighted by Crippen LogP contribution is 2.39. The lowest BCUT2D eigenvalue weighted by Gasteiger charge is -2.38. The Hall–Kier alpha value is -3.81. The molecule has 2 amide bonds. The first-order valence-electron chi connectivity index (χ1n) is 16.3. The number of amides is 2. The number of hydrogen-bond donors (Lipinski definition) is 3. The van der Waals surface area contributed by atoms with E-state index in [0.29, 0.717) is 30.8 Å². The summed E-state index contributed by atoms with van der Waals surface area (Å²) in [5.74, 6) is -2.60. The van der Waals surface area contributed by atoms with Gasteiger partial charge in [-0.3, -0.25) is 14.5 Å². The topological polar surface area (TPSA) is 112 Å². The standard InChI is InChI=1S/C36H40F3N3O6/c37-36(38,39)35(46)42-16-3-6-31(42)33(45)40-19-27-4-1-2-5-30(27)24-11-13-26(14-12-24)34-47-29(21-41-17-15-28(44)20-41)18-32(48-34)25-9-7-23(22-43)8-10-25/h1-2,4-5,7-14,28-29,31-32,34,43-44H,3,6,15-22H2,(H,40,45)/t28-,29+,31-,32-,34-/m0/s1. The molecule has 3 aromatic carbocycles. The van der Waals surface area contributed by atoms with Gasteiger partial charge < -0.3 is 29.9 Å². The lowest BCUT2D eigenvalue weighted by Crippen LogP contribution is -2.50. The Morgan fingerprint density at radius 2 is 1.65 bits per heavy atom. The van der Waals surface area contributed by atoms with Crippen LogP contribution in [-0.2, 0) is 32.2 Å². The number of carbonyl (C=O) groups is 2. The highest BCUT2D eigenvalue weighted by molar-refractivity contribution is 5.90. The van der Waals surface area contributed by atoms with Crippen molar-refractivity contribution in [2.24, 2.45) is 0 Å². The molecule has 3 saturated heterocycles.